The van der Waals surface area contributed by atoms with Crippen LogP contribution in [0, 0.1) is 5.92 Å². The lowest BCUT2D eigenvalue weighted by molar-refractivity contribution is -0.145. The number of aliphatic imine (C=N–C) groups is 1. The predicted octanol–water partition coefficient (Wildman–Crippen LogP) is -1.73. The quantitative estimate of drug-likeness (QED) is 0.0300. The third-order valence-corrected chi connectivity index (χ3v) is 12.0. The number of nitrogens with one attached hydrogen (secondary N) is 5. The van der Waals surface area contributed by atoms with Crippen LogP contribution in [0.15, 0.2) is 35.5 Å². The molecule has 2 fully saturated rings. The van der Waals surface area contributed by atoms with Gasteiger partial charge in [-0.15, -0.1) is 0 Å². The Balaban J connectivity index is 1.56. The Morgan fingerprint density at radius 1 is 0.788 bits per heavy atom. The number of nitrogens with two attached hydrogens (primary N) is 4. The minimum atomic E-state index is -1.38. The first-order valence-electron chi connectivity index (χ1n) is 22.2. The Hall–Kier alpha value is -6.78. The predicted molar refractivity (Wildman–Crippen MR) is 239 cm³/mol. The summed E-state index contributed by atoms with van der Waals surface area (Å²) in [6.07, 6.45) is 2.40. The molecule has 2 aromatic rings. The van der Waals surface area contributed by atoms with Crippen LogP contribution in [0.2, 0.25) is 0 Å². The van der Waals surface area contributed by atoms with Crippen molar-refractivity contribution in [1.82, 2.24) is 36.1 Å². The Morgan fingerprint density at radius 2 is 1.39 bits per heavy atom. The van der Waals surface area contributed by atoms with Crippen molar-refractivity contribution in [1.29, 1.82) is 0 Å². The Kier molecular flexibility index (Phi) is 19.2. The van der Waals surface area contributed by atoms with E-state index in [9.17, 15) is 48.3 Å². The average Bonchev–Trinajstić information content (AvgIpc) is 4.07. The number of carboxylic acids is 2. The highest BCUT2D eigenvalue weighted by atomic mass is 16.4. The molecule has 0 aliphatic carbocycles. The van der Waals surface area contributed by atoms with E-state index in [2.05, 4.69) is 31.2 Å². The number of fused-ring (bicyclic) bond motifs is 1. The van der Waals surface area contributed by atoms with Crippen LogP contribution in [-0.4, -0.2) is 146 Å². The number of hydrogen-bond acceptors (Lipinski definition) is 11. The van der Waals surface area contributed by atoms with Gasteiger partial charge in [0.15, 0.2) is 5.96 Å². The summed E-state index contributed by atoms with van der Waals surface area (Å²) in [5.74, 6) is -8.10. The number of aromatic amines is 1. The van der Waals surface area contributed by atoms with Gasteiger partial charge >= 0.3 is 11.9 Å². The molecule has 0 bridgehead atoms. The van der Waals surface area contributed by atoms with E-state index in [0.29, 0.717) is 24.8 Å². The van der Waals surface area contributed by atoms with Crippen molar-refractivity contribution in [2.24, 2.45) is 33.8 Å². The van der Waals surface area contributed by atoms with Crippen molar-refractivity contribution in [3.05, 3.63) is 36.0 Å². The number of aliphatic carboxylic acids is 2. The number of amides is 7. The van der Waals surface area contributed by atoms with Gasteiger partial charge in [0.2, 0.25) is 41.4 Å². The number of para-hydroxylation sites is 1. The van der Waals surface area contributed by atoms with Gasteiger partial charge in [-0.05, 0) is 68.9 Å². The second-order valence-corrected chi connectivity index (χ2v) is 16.8. The first kappa shape index (κ1) is 51.9. The van der Waals surface area contributed by atoms with Gasteiger partial charge in [0.25, 0.3) is 0 Å². The Bertz CT molecular complexity index is 2120. The van der Waals surface area contributed by atoms with Crippen molar-refractivity contribution < 1.29 is 53.4 Å². The fourth-order valence-corrected chi connectivity index (χ4v) is 8.20. The molecule has 23 nitrogen and oxygen atoms in total. The number of benzene rings is 1. The smallest absolute Gasteiger partial charge is 0.326 e. The van der Waals surface area contributed by atoms with Crippen molar-refractivity contribution >= 4 is 70.2 Å². The van der Waals surface area contributed by atoms with Gasteiger partial charge < -0.3 is 69.2 Å². The number of hydrogen-bond donors (Lipinski definition) is 11. The standard InChI is InChI=1S/C43H64N12O11/c1-3-23(2)35(42(65)66)53-37(60)28(15-16-33(45)56)50-38(61)31-12-7-19-54(31)40(63)29(11-6-18-48-43(46)47)51-39(62)32-13-8-20-55(32)41(64)30(52-36(59)26(44)14-17-34(57)58)21-24-22-49-27-10-5-4-9-25(24)27/h4-5,9-10,22-23,26,28-32,35,49H,3,6-8,11-21,44H2,1-2H3,(H2,45,56)(H,50,61)(H,51,62)(H,52,59)(H,53,60)(H,57,58)(H,65,66)(H4,46,47,48)/t23-,26-,28-,29-,30-,31-,32-,35-/m0/s1. The zero-order valence-electron chi connectivity index (χ0n) is 37.3. The molecule has 3 heterocycles. The summed E-state index contributed by atoms with van der Waals surface area (Å²) in [4.78, 5) is 128. The fourth-order valence-electron chi connectivity index (χ4n) is 8.20. The molecule has 7 amide bonds. The number of rotatable bonds is 25. The zero-order valence-corrected chi connectivity index (χ0v) is 37.3. The number of H-pyrrole nitrogens is 1. The van der Waals surface area contributed by atoms with Crippen LogP contribution in [0.4, 0.5) is 0 Å². The number of aromatic nitrogens is 1. The SMILES string of the molecule is CC[C@H](C)[C@H](NC(=O)[C@H](CCC(N)=O)NC(=O)[C@@H]1CCCN1C(=O)[C@H](CCCN=C(N)N)NC(=O)[C@@H]1CCCN1C(=O)[C@H](Cc1c[nH]c2ccccc12)NC(=O)[C@@H](N)CCC(=O)O)C(=O)O. The minimum Gasteiger partial charge on any atom is -0.481 e. The van der Waals surface area contributed by atoms with Crippen LogP contribution in [0.1, 0.15) is 90.0 Å². The first-order chi connectivity index (χ1) is 31.3. The fraction of sp³-hybridized carbons (Fsp3) is 0.581. The Morgan fingerprint density at radius 3 is 1.97 bits per heavy atom. The maximum atomic E-state index is 14.5. The summed E-state index contributed by atoms with van der Waals surface area (Å²) in [5.41, 5.74) is 23.9. The summed E-state index contributed by atoms with van der Waals surface area (Å²) >= 11 is 0. The third kappa shape index (κ3) is 14.4. The molecule has 4 rings (SSSR count). The molecule has 0 unspecified atom stereocenters. The number of carboxylic acid groups (broad SMARTS) is 2. The number of primary amides is 1. The molecular formula is C43H64N12O11. The van der Waals surface area contributed by atoms with Crippen LogP contribution < -0.4 is 44.2 Å². The second kappa shape index (κ2) is 24.5. The minimum absolute atomic E-state index is 0.00155. The van der Waals surface area contributed by atoms with Crippen molar-refractivity contribution in [3.63, 3.8) is 0 Å². The van der Waals surface area contributed by atoms with Crippen LogP contribution in [0.5, 0.6) is 0 Å². The normalized spacial score (nSPS) is 18.5. The van der Waals surface area contributed by atoms with Gasteiger partial charge in [-0.1, -0.05) is 38.5 Å². The van der Waals surface area contributed by atoms with E-state index in [1.54, 1.807) is 20.0 Å². The summed E-state index contributed by atoms with van der Waals surface area (Å²) < 4.78 is 0. The monoisotopic (exact) mass is 924 g/mol. The average molecular weight is 925 g/mol. The summed E-state index contributed by atoms with van der Waals surface area (Å²) in [7, 11) is 0. The molecule has 66 heavy (non-hydrogen) atoms. The molecule has 23 heteroatoms. The molecule has 0 spiro atoms. The van der Waals surface area contributed by atoms with Crippen LogP contribution in [0.3, 0.4) is 0 Å². The van der Waals surface area contributed by atoms with Gasteiger partial charge in [0, 0.05) is 56.0 Å². The van der Waals surface area contributed by atoms with Crippen LogP contribution in [0.25, 0.3) is 10.9 Å². The molecule has 8 atom stereocenters. The number of likely N-dealkylation sites (tertiary alicyclic amines) is 2. The number of guanidine groups is 1. The first-order valence-corrected chi connectivity index (χ1v) is 22.2. The van der Waals surface area contributed by atoms with E-state index in [1.165, 1.54) is 9.80 Å². The van der Waals surface area contributed by atoms with Crippen molar-refractivity contribution in [2.45, 2.75) is 133 Å². The van der Waals surface area contributed by atoms with Gasteiger partial charge in [-0.2, -0.15) is 0 Å². The Labute approximate surface area is 381 Å². The van der Waals surface area contributed by atoms with Gasteiger partial charge in [-0.25, -0.2) is 4.79 Å². The molecule has 2 aliphatic rings. The van der Waals surface area contributed by atoms with Crippen molar-refractivity contribution in [2.75, 3.05) is 19.6 Å². The zero-order chi connectivity index (χ0) is 48.7. The van der Waals surface area contributed by atoms with E-state index in [4.69, 9.17) is 28.0 Å². The highest BCUT2D eigenvalue weighted by Crippen LogP contribution is 2.25. The van der Waals surface area contributed by atoms with E-state index in [0.717, 1.165) is 10.9 Å². The number of carbonyl (C=O) groups is 9. The molecular weight excluding hydrogens is 861 g/mol. The third-order valence-electron chi connectivity index (χ3n) is 12.0. The maximum Gasteiger partial charge on any atom is 0.326 e. The lowest BCUT2D eigenvalue weighted by Gasteiger charge is -2.32. The molecule has 1 aromatic carbocycles. The number of nitrogens with zero attached hydrogens (tertiary/aromatic N) is 3. The molecule has 0 saturated carbocycles. The molecule has 362 valence electrons. The molecule has 0 radical (unpaired) electrons. The lowest BCUT2D eigenvalue weighted by atomic mass is 9.98. The topological polar surface area (TPSA) is 381 Å². The molecule has 2 saturated heterocycles. The summed E-state index contributed by atoms with van der Waals surface area (Å²) in [5, 5.41) is 30.2. The van der Waals surface area contributed by atoms with E-state index in [1.807, 2.05) is 24.3 Å². The largest absolute Gasteiger partial charge is 0.481 e. The highest BCUT2D eigenvalue weighted by Gasteiger charge is 2.42. The van der Waals surface area contributed by atoms with Crippen molar-refractivity contribution in [3.8, 4) is 0 Å². The van der Waals surface area contributed by atoms with Crippen LogP contribution in [-0.2, 0) is 49.6 Å². The van der Waals surface area contributed by atoms with Gasteiger partial charge in [0.05, 0.1) is 6.04 Å². The van der Waals surface area contributed by atoms with Gasteiger partial charge in [0.1, 0.15) is 36.3 Å². The molecule has 2 aliphatic heterocycles. The second-order valence-electron chi connectivity index (χ2n) is 16.8. The molecule has 15 N–H and O–H groups in total. The lowest BCUT2D eigenvalue weighted by Crippen LogP contribution is -2.59. The maximum absolute atomic E-state index is 14.5. The van der Waals surface area contributed by atoms with E-state index in [-0.39, 0.29) is 83.4 Å². The summed E-state index contributed by atoms with van der Waals surface area (Å²) in [6, 6.07) is -1.23. The molecule has 1 aromatic heterocycles. The highest BCUT2D eigenvalue weighted by molar-refractivity contribution is 5.98. The number of carbonyl (C=O) groups excluding carboxylic acids is 7. The van der Waals surface area contributed by atoms with Gasteiger partial charge in [-0.3, -0.25) is 43.3 Å². The van der Waals surface area contributed by atoms with E-state index >= 15 is 0 Å². The summed E-state index contributed by atoms with van der Waals surface area (Å²) in [6.45, 7) is 3.72. The van der Waals surface area contributed by atoms with E-state index < -0.39 is 101 Å². The van der Waals surface area contributed by atoms with Crippen LogP contribution >= 0.6 is 0 Å².